The number of nitrogens with zero attached hydrogens (tertiary/aromatic N) is 5. The van der Waals surface area contributed by atoms with Crippen molar-refractivity contribution in [3.05, 3.63) is 47.5 Å². The van der Waals surface area contributed by atoms with Gasteiger partial charge in [-0.3, -0.25) is 9.88 Å². The van der Waals surface area contributed by atoms with E-state index in [9.17, 15) is 5.26 Å². The van der Waals surface area contributed by atoms with Crippen LogP contribution in [0.15, 0.2) is 30.6 Å². The Kier molecular flexibility index (Phi) is 5.17. The monoisotopic (exact) mass is 323 g/mol. The number of rotatable bonds is 4. The van der Waals surface area contributed by atoms with Crippen molar-refractivity contribution in [1.82, 2.24) is 14.5 Å². The van der Waals surface area contributed by atoms with E-state index in [0.717, 1.165) is 57.1 Å². The maximum atomic E-state index is 9.20. The van der Waals surface area contributed by atoms with Gasteiger partial charge in [0.15, 0.2) is 0 Å². The predicted octanol–water partition coefficient (Wildman–Crippen LogP) is 2.80. The van der Waals surface area contributed by atoms with Gasteiger partial charge >= 0.3 is 0 Å². The number of aryl methyl sites for hydroxylation is 2. The van der Waals surface area contributed by atoms with Crippen LogP contribution in [0.4, 0.5) is 5.69 Å². The van der Waals surface area contributed by atoms with Gasteiger partial charge < -0.3 is 9.47 Å². The van der Waals surface area contributed by atoms with Crippen LogP contribution in [0.5, 0.6) is 0 Å². The molecule has 0 amide bonds. The Hall–Kier alpha value is -2.32. The van der Waals surface area contributed by atoms with E-state index in [4.69, 9.17) is 0 Å². The van der Waals surface area contributed by atoms with E-state index in [1.807, 2.05) is 23.8 Å². The summed E-state index contributed by atoms with van der Waals surface area (Å²) < 4.78 is 2.03. The highest BCUT2D eigenvalue weighted by Gasteiger charge is 2.16. The Balaban J connectivity index is 1.63. The number of nitriles is 1. The maximum Gasteiger partial charge on any atom is 0.120 e. The summed E-state index contributed by atoms with van der Waals surface area (Å²) in [6.45, 7) is 10.1. The van der Waals surface area contributed by atoms with Crippen LogP contribution in [0.1, 0.15) is 30.3 Å². The smallest absolute Gasteiger partial charge is 0.120 e. The molecule has 1 aliphatic rings. The Morgan fingerprint density at radius 2 is 2.08 bits per heavy atom. The lowest BCUT2D eigenvalue weighted by molar-refractivity contribution is 0.285. The summed E-state index contributed by atoms with van der Waals surface area (Å²) in [4.78, 5) is 9.23. The third-order valence-corrected chi connectivity index (χ3v) is 4.65. The summed E-state index contributed by atoms with van der Waals surface area (Å²) in [5.41, 5.74) is 4.34. The van der Waals surface area contributed by atoms with Gasteiger partial charge in [-0.25, -0.2) is 0 Å². The van der Waals surface area contributed by atoms with Crippen LogP contribution in [0.25, 0.3) is 0 Å². The molecule has 5 heteroatoms. The molecule has 0 unspecified atom stereocenters. The molecule has 2 aromatic rings. The lowest BCUT2D eigenvalue weighted by atomic mass is 10.3. The normalized spacial score (nSPS) is 16.0. The number of aromatic nitrogens is 2. The SMILES string of the molecule is CCn1cc(CN2CCCN(c3ccnc(C)c3)CC2)cc1C#N. The zero-order valence-corrected chi connectivity index (χ0v) is 14.6. The van der Waals surface area contributed by atoms with Crippen molar-refractivity contribution in [2.45, 2.75) is 33.4 Å². The molecule has 0 spiro atoms. The lowest BCUT2D eigenvalue weighted by Gasteiger charge is -2.23. The number of pyridine rings is 1. The number of hydrogen-bond donors (Lipinski definition) is 0. The van der Waals surface area contributed by atoms with Gasteiger partial charge in [-0.2, -0.15) is 5.26 Å². The molecule has 3 rings (SSSR count). The Morgan fingerprint density at radius 3 is 2.79 bits per heavy atom. The van der Waals surface area contributed by atoms with Crippen LogP contribution in [0.2, 0.25) is 0 Å². The van der Waals surface area contributed by atoms with Crippen molar-refractivity contribution in [3.63, 3.8) is 0 Å². The standard InChI is InChI=1S/C19H25N5/c1-3-23-15-17(12-19(23)13-20)14-22-7-4-8-24(10-9-22)18-5-6-21-16(2)11-18/h5-6,11-12,15H,3-4,7-10,14H2,1-2H3. The fourth-order valence-corrected chi connectivity index (χ4v) is 3.38. The van der Waals surface area contributed by atoms with E-state index in [0.29, 0.717) is 0 Å². The number of anilines is 1. The Labute approximate surface area is 144 Å². The molecule has 1 saturated heterocycles. The second kappa shape index (κ2) is 7.50. The van der Waals surface area contributed by atoms with Crippen molar-refractivity contribution in [3.8, 4) is 6.07 Å². The van der Waals surface area contributed by atoms with Crippen LogP contribution in [0, 0.1) is 18.3 Å². The van der Waals surface area contributed by atoms with Crippen LogP contribution in [-0.2, 0) is 13.1 Å². The summed E-state index contributed by atoms with van der Waals surface area (Å²) in [6, 6.07) is 8.57. The zero-order valence-electron chi connectivity index (χ0n) is 14.6. The zero-order chi connectivity index (χ0) is 16.9. The number of hydrogen-bond acceptors (Lipinski definition) is 4. The largest absolute Gasteiger partial charge is 0.370 e. The van der Waals surface area contributed by atoms with Crippen molar-refractivity contribution in [1.29, 1.82) is 5.26 Å². The Morgan fingerprint density at radius 1 is 1.21 bits per heavy atom. The van der Waals surface area contributed by atoms with Gasteiger partial charge in [0.2, 0.25) is 0 Å². The highest BCUT2D eigenvalue weighted by molar-refractivity contribution is 5.46. The molecule has 0 N–H and O–H groups in total. The van der Waals surface area contributed by atoms with Gasteiger partial charge in [-0.15, -0.1) is 0 Å². The molecule has 2 aromatic heterocycles. The molecule has 0 radical (unpaired) electrons. The molecule has 0 atom stereocenters. The van der Waals surface area contributed by atoms with Gasteiger partial charge in [0, 0.05) is 63.0 Å². The van der Waals surface area contributed by atoms with Gasteiger partial charge in [0.1, 0.15) is 11.8 Å². The Bertz CT molecular complexity index is 728. The van der Waals surface area contributed by atoms with E-state index in [-0.39, 0.29) is 0 Å². The summed E-state index contributed by atoms with van der Waals surface area (Å²) >= 11 is 0. The second-order valence-corrected chi connectivity index (χ2v) is 6.40. The van der Waals surface area contributed by atoms with Crippen molar-refractivity contribution in [2.75, 3.05) is 31.1 Å². The second-order valence-electron chi connectivity index (χ2n) is 6.40. The molecule has 126 valence electrons. The topological polar surface area (TPSA) is 48.1 Å². The van der Waals surface area contributed by atoms with Crippen LogP contribution < -0.4 is 4.90 Å². The molecular formula is C19H25N5. The van der Waals surface area contributed by atoms with Crippen LogP contribution in [0.3, 0.4) is 0 Å². The summed E-state index contributed by atoms with van der Waals surface area (Å²) in [7, 11) is 0. The van der Waals surface area contributed by atoms with Crippen molar-refractivity contribution < 1.29 is 0 Å². The minimum absolute atomic E-state index is 0.760. The fourth-order valence-electron chi connectivity index (χ4n) is 3.38. The van der Waals surface area contributed by atoms with Crippen LogP contribution in [-0.4, -0.2) is 40.6 Å². The molecule has 0 saturated carbocycles. The minimum Gasteiger partial charge on any atom is -0.370 e. The predicted molar refractivity (Wildman–Crippen MR) is 95.9 cm³/mol. The van der Waals surface area contributed by atoms with Gasteiger partial charge in [-0.05, 0) is 44.0 Å². The molecule has 1 fully saturated rings. The van der Waals surface area contributed by atoms with Gasteiger partial charge in [0.05, 0.1) is 0 Å². The molecule has 3 heterocycles. The van der Waals surface area contributed by atoms with E-state index in [1.165, 1.54) is 11.3 Å². The average Bonchev–Trinajstić information content (AvgIpc) is 2.84. The molecular weight excluding hydrogens is 298 g/mol. The molecule has 0 aliphatic carbocycles. The lowest BCUT2D eigenvalue weighted by Crippen LogP contribution is -2.30. The average molecular weight is 323 g/mol. The van der Waals surface area contributed by atoms with E-state index >= 15 is 0 Å². The van der Waals surface area contributed by atoms with E-state index in [1.54, 1.807) is 0 Å². The van der Waals surface area contributed by atoms with Gasteiger partial charge in [0.25, 0.3) is 0 Å². The summed E-state index contributed by atoms with van der Waals surface area (Å²) in [5, 5.41) is 9.20. The van der Waals surface area contributed by atoms with Crippen molar-refractivity contribution in [2.24, 2.45) is 0 Å². The molecule has 0 aromatic carbocycles. The maximum absolute atomic E-state index is 9.20. The van der Waals surface area contributed by atoms with E-state index in [2.05, 4.69) is 46.1 Å². The first-order valence-electron chi connectivity index (χ1n) is 8.68. The third-order valence-electron chi connectivity index (χ3n) is 4.65. The van der Waals surface area contributed by atoms with Crippen molar-refractivity contribution >= 4 is 5.69 Å². The summed E-state index contributed by atoms with van der Waals surface area (Å²) in [6.07, 6.45) is 5.17. The highest BCUT2D eigenvalue weighted by Crippen LogP contribution is 2.18. The molecule has 1 aliphatic heterocycles. The molecule has 24 heavy (non-hydrogen) atoms. The first kappa shape index (κ1) is 16.5. The quantitative estimate of drug-likeness (QED) is 0.868. The third kappa shape index (κ3) is 3.77. The van der Waals surface area contributed by atoms with Crippen LogP contribution >= 0.6 is 0 Å². The first-order chi connectivity index (χ1) is 11.7. The molecule has 5 nitrogen and oxygen atoms in total. The summed E-state index contributed by atoms with van der Waals surface area (Å²) in [5.74, 6) is 0. The minimum atomic E-state index is 0.760. The van der Waals surface area contributed by atoms with E-state index < -0.39 is 0 Å². The van der Waals surface area contributed by atoms with Gasteiger partial charge in [-0.1, -0.05) is 0 Å². The highest BCUT2D eigenvalue weighted by atomic mass is 15.2. The molecule has 0 bridgehead atoms. The fraction of sp³-hybridized carbons (Fsp3) is 0.474. The first-order valence-corrected chi connectivity index (χ1v) is 8.68.